The van der Waals surface area contributed by atoms with Gasteiger partial charge in [-0.15, -0.1) is 11.3 Å². The lowest BCUT2D eigenvalue weighted by Gasteiger charge is -2.35. The fourth-order valence-corrected chi connectivity index (χ4v) is 6.45. The Hall–Kier alpha value is -3.79. The monoisotopic (exact) mass is 564 g/mol. The maximum absolute atomic E-state index is 14.0. The zero-order valence-electron chi connectivity index (χ0n) is 21.6. The van der Waals surface area contributed by atoms with Crippen molar-refractivity contribution >= 4 is 34.1 Å². The number of thiazole rings is 1. The van der Waals surface area contributed by atoms with Gasteiger partial charge in [0, 0.05) is 36.6 Å². The van der Waals surface area contributed by atoms with E-state index in [-0.39, 0.29) is 36.0 Å². The zero-order chi connectivity index (χ0) is 27.9. The summed E-state index contributed by atoms with van der Waals surface area (Å²) in [5.74, 6) is -0.320. The summed E-state index contributed by atoms with van der Waals surface area (Å²) in [5.41, 5.74) is 0.855. The van der Waals surface area contributed by atoms with E-state index in [1.165, 1.54) is 17.4 Å². The van der Waals surface area contributed by atoms with Crippen molar-refractivity contribution in [2.75, 3.05) is 13.1 Å². The number of piperidine rings is 1. The molecule has 2 aliphatic rings. The van der Waals surface area contributed by atoms with Gasteiger partial charge in [0.1, 0.15) is 5.69 Å². The summed E-state index contributed by atoms with van der Waals surface area (Å²) < 4.78 is 40.4. The SMILES string of the molecule is O=C(NC[C@@H]1CCCCN1C(=O)c1nc(C2CC2)sc1-c1cccc(C(F)(F)F)c1)c1cccc2cccnc12. The second kappa shape index (κ2) is 10.6. The second-order valence-electron chi connectivity index (χ2n) is 10.3. The van der Waals surface area contributed by atoms with E-state index in [1.54, 1.807) is 23.2 Å². The first kappa shape index (κ1) is 26.4. The Kier molecular flexibility index (Phi) is 7.04. The first-order valence-electron chi connectivity index (χ1n) is 13.4. The van der Waals surface area contributed by atoms with Crippen LogP contribution in [-0.2, 0) is 6.18 Å². The van der Waals surface area contributed by atoms with Crippen LogP contribution in [0.25, 0.3) is 21.3 Å². The molecule has 0 spiro atoms. The highest BCUT2D eigenvalue weighted by molar-refractivity contribution is 7.15. The molecule has 0 unspecified atom stereocenters. The number of hydrogen-bond donors (Lipinski definition) is 1. The number of nitrogens with one attached hydrogen (secondary N) is 1. The highest BCUT2D eigenvalue weighted by Crippen LogP contribution is 2.45. The third-order valence-corrected chi connectivity index (χ3v) is 8.76. The van der Waals surface area contributed by atoms with Crippen molar-refractivity contribution in [1.82, 2.24) is 20.2 Å². The predicted octanol–water partition coefficient (Wildman–Crippen LogP) is 6.68. The van der Waals surface area contributed by atoms with Gasteiger partial charge in [0.25, 0.3) is 11.8 Å². The van der Waals surface area contributed by atoms with E-state index in [9.17, 15) is 22.8 Å². The van der Waals surface area contributed by atoms with Crippen LogP contribution in [0.1, 0.15) is 69.4 Å². The molecule has 1 saturated heterocycles. The lowest BCUT2D eigenvalue weighted by molar-refractivity contribution is -0.137. The molecule has 1 N–H and O–H groups in total. The molecule has 2 aromatic carbocycles. The van der Waals surface area contributed by atoms with E-state index in [2.05, 4.69) is 15.3 Å². The molecule has 1 atom stereocenters. The van der Waals surface area contributed by atoms with Gasteiger partial charge in [-0.1, -0.05) is 30.3 Å². The Morgan fingerprint density at radius 2 is 1.82 bits per heavy atom. The van der Waals surface area contributed by atoms with E-state index in [4.69, 9.17) is 0 Å². The van der Waals surface area contributed by atoms with E-state index in [1.807, 2.05) is 24.3 Å². The molecular formula is C30H27F3N4O2S. The van der Waals surface area contributed by atoms with Crippen LogP contribution in [0.3, 0.4) is 0 Å². The number of para-hydroxylation sites is 1. The highest BCUT2D eigenvalue weighted by atomic mass is 32.1. The fourth-order valence-electron chi connectivity index (χ4n) is 5.23. The maximum atomic E-state index is 14.0. The van der Waals surface area contributed by atoms with Crippen LogP contribution in [0, 0.1) is 0 Å². The van der Waals surface area contributed by atoms with Crippen molar-refractivity contribution in [3.8, 4) is 10.4 Å². The summed E-state index contributed by atoms with van der Waals surface area (Å²) in [5, 5.41) is 4.64. The molecular weight excluding hydrogens is 537 g/mol. The van der Waals surface area contributed by atoms with Gasteiger partial charge < -0.3 is 10.2 Å². The number of fused-ring (bicyclic) bond motifs is 1. The molecule has 2 amide bonds. The van der Waals surface area contributed by atoms with Crippen LogP contribution < -0.4 is 5.32 Å². The number of aromatic nitrogens is 2. The molecule has 1 aliphatic heterocycles. The second-order valence-corrected chi connectivity index (χ2v) is 11.4. The van der Waals surface area contributed by atoms with Crippen molar-refractivity contribution in [2.45, 2.75) is 50.2 Å². The largest absolute Gasteiger partial charge is 0.416 e. The van der Waals surface area contributed by atoms with Crippen molar-refractivity contribution < 1.29 is 22.8 Å². The number of halogens is 3. The van der Waals surface area contributed by atoms with E-state index >= 15 is 0 Å². The molecule has 2 fully saturated rings. The summed E-state index contributed by atoms with van der Waals surface area (Å²) in [4.78, 5) is 38.3. The van der Waals surface area contributed by atoms with Crippen molar-refractivity contribution in [1.29, 1.82) is 0 Å². The van der Waals surface area contributed by atoms with Gasteiger partial charge in [-0.3, -0.25) is 14.6 Å². The normalized spacial score (nSPS) is 17.7. The molecule has 206 valence electrons. The average molecular weight is 565 g/mol. The maximum Gasteiger partial charge on any atom is 0.416 e. The molecule has 3 heterocycles. The van der Waals surface area contributed by atoms with Crippen molar-refractivity contribution in [3.63, 3.8) is 0 Å². The van der Waals surface area contributed by atoms with Crippen molar-refractivity contribution in [3.05, 3.63) is 82.6 Å². The number of pyridine rings is 1. The standard InChI is InChI=1S/C30H27F3N4O2S/c31-30(32,33)21-9-3-7-20(16-21)26-25(36-28(40-26)19-12-13-19)29(39)37-15-2-1-10-22(37)17-35-27(38)23-11-4-6-18-8-5-14-34-24(18)23/h3-9,11,14,16,19,22H,1-2,10,12-13,15,17H2,(H,35,38)/t22-/m0/s1. The first-order valence-corrected chi connectivity index (χ1v) is 14.2. The number of rotatable bonds is 6. The van der Waals surface area contributed by atoms with Gasteiger partial charge in [-0.05, 0) is 61.9 Å². The van der Waals surface area contributed by atoms with Crippen LogP contribution >= 0.6 is 11.3 Å². The number of alkyl halides is 3. The van der Waals surface area contributed by atoms with Gasteiger partial charge in [-0.25, -0.2) is 4.98 Å². The van der Waals surface area contributed by atoms with Crippen molar-refractivity contribution in [2.24, 2.45) is 0 Å². The number of benzene rings is 2. The third-order valence-electron chi connectivity index (χ3n) is 7.49. The van der Waals surface area contributed by atoms with Crippen LogP contribution in [-0.4, -0.2) is 45.8 Å². The van der Waals surface area contributed by atoms with E-state index in [0.29, 0.717) is 34.5 Å². The number of carbonyl (C=O) groups is 2. The lowest BCUT2D eigenvalue weighted by atomic mass is 10.0. The number of carbonyl (C=O) groups excluding carboxylic acids is 2. The van der Waals surface area contributed by atoms with Crippen LogP contribution in [0.5, 0.6) is 0 Å². The predicted molar refractivity (Wildman–Crippen MR) is 147 cm³/mol. The van der Waals surface area contributed by atoms with Crippen LogP contribution in [0.2, 0.25) is 0 Å². The molecule has 10 heteroatoms. The van der Waals surface area contributed by atoms with Gasteiger partial charge in [0.2, 0.25) is 0 Å². The Bertz CT molecular complexity index is 1580. The minimum Gasteiger partial charge on any atom is -0.350 e. The smallest absolute Gasteiger partial charge is 0.350 e. The van der Waals surface area contributed by atoms with Gasteiger partial charge in [0.05, 0.1) is 26.5 Å². The first-order chi connectivity index (χ1) is 19.3. The van der Waals surface area contributed by atoms with E-state index < -0.39 is 11.7 Å². The van der Waals surface area contributed by atoms with Crippen LogP contribution in [0.4, 0.5) is 13.2 Å². The number of likely N-dealkylation sites (tertiary alicyclic amines) is 1. The van der Waals surface area contributed by atoms with E-state index in [0.717, 1.165) is 48.2 Å². The number of amides is 2. The fraction of sp³-hybridized carbons (Fsp3) is 0.333. The Balaban J connectivity index is 1.26. The molecule has 2 aromatic heterocycles. The third kappa shape index (κ3) is 5.32. The van der Waals surface area contributed by atoms with Gasteiger partial charge in [-0.2, -0.15) is 13.2 Å². The lowest BCUT2D eigenvalue weighted by Crippen LogP contribution is -2.49. The Labute approximate surface area is 233 Å². The number of nitrogens with zero attached hydrogens (tertiary/aromatic N) is 3. The molecule has 4 aromatic rings. The molecule has 40 heavy (non-hydrogen) atoms. The summed E-state index contributed by atoms with van der Waals surface area (Å²) in [6.45, 7) is 0.750. The summed E-state index contributed by atoms with van der Waals surface area (Å²) >= 11 is 1.31. The minimum absolute atomic E-state index is 0.197. The summed E-state index contributed by atoms with van der Waals surface area (Å²) in [6, 6.07) is 14.0. The Morgan fingerprint density at radius 3 is 2.62 bits per heavy atom. The Morgan fingerprint density at radius 1 is 1.02 bits per heavy atom. The molecule has 0 radical (unpaired) electrons. The van der Waals surface area contributed by atoms with Gasteiger partial charge >= 0.3 is 6.18 Å². The number of hydrogen-bond acceptors (Lipinski definition) is 5. The molecule has 1 saturated carbocycles. The quantitative estimate of drug-likeness (QED) is 0.284. The molecule has 1 aliphatic carbocycles. The molecule has 0 bridgehead atoms. The molecule has 6 nitrogen and oxygen atoms in total. The van der Waals surface area contributed by atoms with Gasteiger partial charge in [0.15, 0.2) is 0 Å². The summed E-state index contributed by atoms with van der Waals surface area (Å²) in [7, 11) is 0. The minimum atomic E-state index is -4.49. The topological polar surface area (TPSA) is 75.2 Å². The zero-order valence-corrected chi connectivity index (χ0v) is 22.4. The summed E-state index contributed by atoms with van der Waals surface area (Å²) in [6.07, 6.45) is 1.51. The highest BCUT2D eigenvalue weighted by Gasteiger charge is 2.36. The van der Waals surface area contributed by atoms with Crippen LogP contribution in [0.15, 0.2) is 60.8 Å². The molecule has 6 rings (SSSR count). The average Bonchev–Trinajstić information content (AvgIpc) is 3.73.